The van der Waals surface area contributed by atoms with Gasteiger partial charge in [-0.3, -0.25) is 14.9 Å². The molecule has 1 heterocycles. The number of non-ortho nitro benzene ring substituents is 1. The third-order valence-corrected chi connectivity index (χ3v) is 5.83. The molecule has 0 bridgehead atoms. The molecule has 1 aromatic carbocycles. The third-order valence-electron chi connectivity index (χ3n) is 2.78. The number of aliphatic carboxylic acids is 1. The molecule has 2 rings (SSSR count). The van der Waals surface area contributed by atoms with Crippen LogP contribution in [0.15, 0.2) is 29.2 Å². The van der Waals surface area contributed by atoms with Crippen LogP contribution in [0, 0.1) is 10.1 Å². The molecule has 108 valence electrons. The molecule has 1 aliphatic heterocycles. The number of benzene rings is 1. The van der Waals surface area contributed by atoms with Crippen molar-refractivity contribution in [3.8, 4) is 0 Å². The van der Waals surface area contributed by atoms with E-state index >= 15 is 0 Å². The van der Waals surface area contributed by atoms with Gasteiger partial charge in [0.2, 0.25) is 10.0 Å². The molecule has 1 aliphatic rings. The van der Waals surface area contributed by atoms with Crippen molar-refractivity contribution < 1.29 is 23.2 Å². The van der Waals surface area contributed by atoms with Gasteiger partial charge in [-0.05, 0) is 12.1 Å². The van der Waals surface area contributed by atoms with E-state index in [0.29, 0.717) is 0 Å². The number of sulfonamides is 1. The summed E-state index contributed by atoms with van der Waals surface area (Å²) in [6.07, 6.45) is 0. The number of rotatable bonds is 4. The minimum Gasteiger partial charge on any atom is -0.480 e. The number of hydrogen-bond acceptors (Lipinski definition) is 6. The molecule has 0 spiro atoms. The highest BCUT2D eigenvalue weighted by atomic mass is 32.2. The van der Waals surface area contributed by atoms with Gasteiger partial charge in [0.15, 0.2) is 0 Å². The van der Waals surface area contributed by atoms with E-state index in [-0.39, 0.29) is 22.2 Å². The van der Waals surface area contributed by atoms with Crippen molar-refractivity contribution in [2.24, 2.45) is 0 Å². The van der Waals surface area contributed by atoms with Crippen molar-refractivity contribution in [3.63, 3.8) is 0 Å². The number of carbonyl (C=O) groups is 1. The molecule has 1 saturated heterocycles. The Labute approximate surface area is 118 Å². The third kappa shape index (κ3) is 2.62. The molecular weight excluding hydrogens is 308 g/mol. The maximum Gasteiger partial charge on any atom is 0.322 e. The first-order valence-corrected chi connectivity index (χ1v) is 8.00. The van der Waals surface area contributed by atoms with Crippen LogP contribution < -0.4 is 0 Å². The molecule has 0 radical (unpaired) electrons. The van der Waals surface area contributed by atoms with Gasteiger partial charge in [-0.1, -0.05) is 0 Å². The number of carboxylic acids is 1. The molecule has 0 aliphatic carbocycles. The van der Waals surface area contributed by atoms with Crippen LogP contribution in [0.3, 0.4) is 0 Å². The smallest absolute Gasteiger partial charge is 0.322 e. The number of nitro benzene ring substituents is 1. The molecule has 0 aromatic heterocycles. The van der Waals surface area contributed by atoms with Crippen molar-refractivity contribution in [3.05, 3.63) is 34.4 Å². The zero-order valence-corrected chi connectivity index (χ0v) is 11.6. The largest absolute Gasteiger partial charge is 0.480 e. The summed E-state index contributed by atoms with van der Waals surface area (Å²) in [6, 6.07) is 3.25. The predicted octanol–water partition coefficient (Wildman–Crippen LogP) is 0.743. The molecule has 0 saturated carbocycles. The molecule has 1 atom stereocenters. The SMILES string of the molecule is O=C(O)C1CSCN1S(=O)(=O)c1ccc([N+](=O)[O-])cc1. The van der Waals surface area contributed by atoms with Gasteiger partial charge in [0.1, 0.15) is 6.04 Å². The summed E-state index contributed by atoms with van der Waals surface area (Å²) in [5.74, 6) is -0.974. The van der Waals surface area contributed by atoms with Crippen LogP contribution in [0.1, 0.15) is 0 Å². The van der Waals surface area contributed by atoms with Crippen LogP contribution in [0.2, 0.25) is 0 Å². The first-order chi connectivity index (χ1) is 9.34. The van der Waals surface area contributed by atoms with E-state index in [2.05, 4.69) is 0 Å². The fourth-order valence-corrected chi connectivity index (χ4v) is 4.87. The van der Waals surface area contributed by atoms with Crippen LogP contribution in [-0.4, -0.2) is 46.4 Å². The molecule has 1 aromatic rings. The average molecular weight is 318 g/mol. The second kappa shape index (κ2) is 5.38. The number of nitro groups is 1. The predicted molar refractivity (Wildman–Crippen MR) is 70.9 cm³/mol. The highest BCUT2D eigenvalue weighted by Gasteiger charge is 2.40. The molecule has 0 amide bonds. The van der Waals surface area contributed by atoms with Crippen LogP contribution in [0.5, 0.6) is 0 Å². The van der Waals surface area contributed by atoms with E-state index in [9.17, 15) is 23.3 Å². The maximum atomic E-state index is 12.3. The molecule has 20 heavy (non-hydrogen) atoms. The summed E-state index contributed by atoms with van der Waals surface area (Å²) in [7, 11) is -3.97. The lowest BCUT2D eigenvalue weighted by Crippen LogP contribution is -2.41. The van der Waals surface area contributed by atoms with Gasteiger partial charge in [-0.15, -0.1) is 11.8 Å². The topological polar surface area (TPSA) is 118 Å². The fraction of sp³-hybridized carbons (Fsp3) is 0.300. The highest BCUT2D eigenvalue weighted by Crippen LogP contribution is 2.29. The Balaban J connectivity index is 2.35. The Hall–Kier alpha value is -1.65. The van der Waals surface area contributed by atoms with E-state index in [1.54, 1.807) is 0 Å². The van der Waals surface area contributed by atoms with E-state index in [1.807, 2.05) is 0 Å². The van der Waals surface area contributed by atoms with Gasteiger partial charge in [-0.25, -0.2) is 8.42 Å². The monoisotopic (exact) mass is 318 g/mol. The first-order valence-electron chi connectivity index (χ1n) is 5.41. The van der Waals surface area contributed by atoms with Gasteiger partial charge in [0, 0.05) is 17.9 Å². The molecular formula is C10H10N2O6S2. The second-order valence-corrected chi connectivity index (χ2v) is 6.89. The Kier molecular flexibility index (Phi) is 3.97. The van der Waals surface area contributed by atoms with E-state index in [4.69, 9.17) is 5.11 Å². The average Bonchev–Trinajstić information content (AvgIpc) is 2.89. The summed E-state index contributed by atoms with van der Waals surface area (Å²) in [6.45, 7) is 0. The normalized spacial score (nSPS) is 19.9. The number of thioether (sulfide) groups is 1. The zero-order chi connectivity index (χ0) is 14.9. The summed E-state index contributed by atoms with van der Waals surface area (Å²) in [4.78, 5) is 20.8. The first kappa shape index (κ1) is 14.8. The second-order valence-electron chi connectivity index (χ2n) is 4.00. The minimum absolute atomic E-state index is 0.0519. The van der Waals surface area contributed by atoms with Gasteiger partial charge < -0.3 is 5.11 Å². The van der Waals surface area contributed by atoms with Crippen molar-refractivity contribution in [1.82, 2.24) is 4.31 Å². The Bertz CT molecular complexity index is 642. The molecule has 1 N–H and O–H groups in total. The van der Waals surface area contributed by atoms with Crippen molar-refractivity contribution >= 4 is 33.4 Å². The Morgan fingerprint density at radius 2 is 2.00 bits per heavy atom. The summed E-state index contributed by atoms with van der Waals surface area (Å²) in [5.41, 5.74) is -0.227. The molecule has 8 nitrogen and oxygen atoms in total. The van der Waals surface area contributed by atoms with Gasteiger partial charge in [-0.2, -0.15) is 4.31 Å². The van der Waals surface area contributed by atoms with E-state index < -0.39 is 27.0 Å². The van der Waals surface area contributed by atoms with Crippen LogP contribution in [-0.2, 0) is 14.8 Å². The minimum atomic E-state index is -3.97. The summed E-state index contributed by atoms with van der Waals surface area (Å²) >= 11 is 1.21. The lowest BCUT2D eigenvalue weighted by Gasteiger charge is -2.19. The Morgan fingerprint density at radius 1 is 1.40 bits per heavy atom. The summed E-state index contributed by atoms with van der Waals surface area (Å²) in [5, 5.41) is 19.5. The van der Waals surface area contributed by atoms with Gasteiger partial charge in [0.05, 0.1) is 15.7 Å². The summed E-state index contributed by atoms with van der Waals surface area (Å²) < 4.78 is 25.5. The van der Waals surface area contributed by atoms with Gasteiger partial charge in [0.25, 0.3) is 5.69 Å². The van der Waals surface area contributed by atoms with Crippen LogP contribution in [0.4, 0.5) is 5.69 Å². The maximum absolute atomic E-state index is 12.3. The van der Waals surface area contributed by atoms with Crippen molar-refractivity contribution in [2.45, 2.75) is 10.9 Å². The Morgan fingerprint density at radius 3 is 2.50 bits per heavy atom. The van der Waals surface area contributed by atoms with Crippen LogP contribution in [0.25, 0.3) is 0 Å². The van der Waals surface area contributed by atoms with Crippen molar-refractivity contribution in [2.75, 3.05) is 11.6 Å². The standard InChI is InChI=1S/C10H10N2O6S2/c13-10(14)9-5-19-6-11(9)20(17,18)8-3-1-7(2-4-8)12(15)16/h1-4,9H,5-6H2,(H,13,14). The lowest BCUT2D eigenvalue weighted by molar-refractivity contribution is -0.384. The van der Waals surface area contributed by atoms with Crippen molar-refractivity contribution in [1.29, 1.82) is 0 Å². The lowest BCUT2D eigenvalue weighted by atomic mass is 10.3. The number of nitrogens with zero attached hydrogens (tertiary/aromatic N) is 2. The molecule has 1 unspecified atom stereocenters. The van der Waals surface area contributed by atoms with Gasteiger partial charge >= 0.3 is 5.97 Å². The molecule has 1 fully saturated rings. The molecule has 10 heteroatoms. The zero-order valence-electron chi connectivity index (χ0n) is 10.0. The highest BCUT2D eigenvalue weighted by molar-refractivity contribution is 8.00. The van der Waals surface area contributed by atoms with E-state index in [0.717, 1.165) is 28.6 Å². The number of carboxylic acid groups (broad SMARTS) is 1. The fourth-order valence-electron chi connectivity index (χ4n) is 1.73. The number of hydrogen-bond donors (Lipinski definition) is 1. The van der Waals surface area contributed by atoms with E-state index in [1.165, 1.54) is 11.8 Å². The quantitative estimate of drug-likeness (QED) is 0.642. The van der Waals surface area contributed by atoms with Crippen LogP contribution >= 0.6 is 11.8 Å².